The van der Waals surface area contributed by atoms with Gasteiger partial charge < -0.3 is 24.3 Å². The Morgan fingerprint density at radius 2 is 1.69 bits per heavy atom. The average Bonchev–Trinajstić information content (AvgIpc) is 3.12. The molecule has 13 heteroatoms. The summed E-state index contributed by atoms with van der Waals surface area (Å²) in [7, 11) is 4.23. The van der Waals surface area contributed by atoms with E-state index in [4.69, 9.17) is 18.9 Å². The molecule has 254 valence electrons. The summed E-state index contributed by atoms with van der Waals surface area (Å²) in [6, 6.07) is 17.2. The van der Waals surface area contributed by atoms with Gasteiger partial charge in [0.05, 0.1) is 39.2 Å². The number of fused-ring (bicyclic) bond motifs is 1. The Morgan fingerprint density at radius 1 is 0.939 bits per heavy atom. The van der Waals surface area contributed by atoms with E-state index in [1.165, 1.54) is 38.6 Å². The number of ketones is 1. The number of pyridine rings is 1. The zero-order valence-electron chi connectivity index (χ0n) is 27.0. The highest BCUT2D eigenvalue weighted by Crippen LogP contribution is 2.38. The lowest BCUT2D eigenvalue weighted by Gasteiger charge is -2.39. The fourth-order valence-electron chi connectivity index (χ4n) is 5.26. The Kier molecular flexibility index (Phi) is 11.0. The summed E-state index contributed by atoms with van der Waals surface area (Å²) in [5, 5.41) is 3.92. The minimum atomic E-state index is -1.58. The number of ether oxygens (including phenoxy) is 4. The van der Waals surface area contributed by atoms with Gasteiger partial charge in [-0.2, -0.15) is 0 Å². The molecular formula is C36H34F2N4O7. The SMILES string of the molecule is C=C(C(=O)OC)c1cnc2c(c1)N(NCc1ccc(OC)cc1OC)C(C(=O)NCc1ccc(F)cc1F)C(=O)C2OCc1ccccc1. The minimum Gasteiger partial charge on any atom is -0.497 e. The van der Waals surface area contributed by atoms with Gasteiger partial charge in [0, 0.05) is 48.1 Å². The lowest BCUT2D eigenvalue weighted by atomic mass is 9.94. The molecule has 2 atom stereocenters. The normalized spacial score (nSPS) is 15.3. The van der Waals surface area contributed by atoms with Crippen molar-refractivity contribution in [2.75, 3.05) is 26.3 Å². The number of rotatable bonds is 13. The molecule has 0 bridgehead atoms. The van der Waals surface area contributed by atoms with E-state index in [0.29, 0.717) is 23.1 Å². The first-order valence-electron chi connectivity index (χ1n) is 15.1. The van der Waals surface area contributed by atoms with Gasteiger partial charge in [-0.15, -0.1) is 0 Å². The molecule has 3 aromatic carbocycles. The van der Waals surface area contributed by atoms with Gasteiger partial charge in [0.25, 0.3) is 5.91 Å². The molecule has 0 fully saturated rings. The molecule has 11 nitrogen and oxygen atoms in total. The Hall–Kier alpha value is -5.66. The predicted molar refractivity (Wildman–Crippen MR) is 175 cm³/mol. The van der Waals surface area contributed by atoms with Crippen molar-refractivity contribution in [3.63, 3.8) is 0 Å². The summed E-state index contributed by atoms with van der Waals surface area (Å²) >= 11 is 0. The summed E-state index contributed by atoms with van der Waals surface area (Å²) < 4.78 is 49.8. The number of Topliss-reactive ketones (excluding diaryl/α,β-unsaturated/α-hetero) is 1. The summed E-state index contributed by atoms with van der Waals surface area (Å²) in [5.41, 5.74) is 5.25. The third-order valence-corrected chi connectivity index (χ3v) is 7.88. The number of esters is 1. The van der Waals surface area contributed by atoms with Crippen molar-refractivity contribution in [3.8, 4) is 11.5 Å². The third kappa shape index (κ3) is 7.74. The van der Waals surface area contributed by atoms with Crippen LogP contribution < -0.4 is 25.2 Å². The van der Waals surface area contributed by atoms with Gasteiger partial charge in [-0.1, -0.05) is 49.0 Å². The van der Waals surface area contributed by atoms with E-state index >= 15 is 0 Å². The zero-order chi connectivity index (χ0) is 35.1. The molecule has 0 saturated carbocycles. The molecule has 5 rings (SSSR count). The lowest BCUT2D eigenvalue weighted by Crippen LogP contribution is -2.60. The van der Waals surface area contributed by atoms with Crippen molar-refractivity contribution in [3.05, 3.63) is 125 Å². The number of hydrogen-bond donors (Lipinski definition) is 2. The highest BCUT2D eigenvalue weighted by molar-refractivity contribution is 6.16. The maximum absolute atomic E-state index is 14.5. The van der Waals surface area contributed by atoms with E-state index in [9.17, 15) is 23.2 Å². The van der Waals surface area contributed by atoms with Crippen LogP contribution in [0.2, 0.25) is 0 Å². The molecule has 0 saturated heterocycles. The van der Waals surface area contributed by atoms with Crippen molar-refractivity contribution in [2.24, 2.45) is 0 Å². The minimum absolute atomic E-state index is 0.0103. The number of hydrogen-bond acceptors (Lipinski definition) is 10. The van der Waals surface area contributed by atoms with Crippen LogP contribution in [0, 0.1) is 11.6 Å². The molecule has 1 aliphatic heterocycles. The van der Waals surface area contributed by atoms with Gasteiger partial charge >= 0.3 is 5.97 Å². The number of halogens is 2. The van der Waals surface area contributed by atoms with E-state index in [-0.39, 0.29) is 47.8 Å². The quantitative estimate of drug-likeness (QED) is 0.118. The number of nitrogens with zero attached hydrogens (tertiary/aromatic N) is 2. The predicted octanol–water partition coefficient (Wildman–Crippen LogP) is 4.60. The topological polar surface area (TPSA) is 128 Å². The second-order valence-corrected chi connectivity index (χ2v) is 10.9. The molecule has 4 aromatic rings. The second-order valence-electron chi connectivity index (χ2n) is 10.9. The van der Waals surface area contributed by atoms with Crippen molar-refractivity contribution >= 4 is 28.9 Å². The number of methoxy groups -OCH3 is 3. The maximum atomic E-state index is 14.5. The summed E-state index contributed by atoms with van der Waals surface area (Å²) in [6.07, 6.45) is 0.0506. The van der Waals surface area contributed by atoms with E-state index in [1.807, 2.05) is 30.3 Å². The van der Waals surface area contributed by atoms with Crippen LogP contribution in [0.15, 0.2) is 85.6 Å². The van der Waals surface area contributed by atoms with Gasteiger partial charge in [0.2, 0.25) is 5.78 Å². The van der Waals surface area contributed by atoms with Gasteiger partial charge in [0.1, 0.15) is 28.8 Å². The molecule has 49 heavy (non-hydrogen) atoms. The highest BCUT2D eigenvalue weighted by atomic mass is 19.1. The average molecular weight is 673 g/mol. The maximum Gasteiger partial charge on any atom is 0.337 e. The standard InChI is InChI=1S/C36H34F2N4O7/c1-21(36(45)48-4)25-14-29-31(39-18-25)34(49-20-22-8-6-5-7-9-22)33(43)32(35(44)40-17-23-10-12-26(37)15-28(23)38)42(29)41-19-24-11-13-27(46-2)16-30(24)47-3/h5-16,18,32,34,41H,1,17,19-20H2,2-4H3,(H,40,44). The lowest BCUT2D eigenvalue weighted by molar-refractivity contribution is -0.140. The van der Waals surface area contributed by atoms with Crippen LogP contribution >= 0.6 is 0 Å². The van der Waals surface area contributed by atoms with Crippen molar-refractivity contribution in [2.45, 2.75) is 31.8 Å². The van der Waals surface area contributed by atoms with Crippen molar-refractivity contribution < 1.29 is 42.1 Å². The number of hydrazine groups is 1. The van der Waals surface area contributed by atoms with Gasteiger partial charge in [-0.05, 0) is 23.8 Å². The van der Waals surface area contributed by atoms with Crippen molar-refractivity contribution in [1.29, 1.82) is 0 Å². The monoisotopic (exact) mass is 672 g/mol. The number of anilines is 1. The van der Waals surface area contributed by atoms with Gasteiger partial charge in [0.15, 0.2) is 12.1 Å². The molecule has 0 radical (unpaired) electrons. The third-order valence-electron chi connectivity index (χ3n) is 7.88. The fraction of sp³-hybridized carbons (Fsp3) is 0.222. The van der Waals surface area contributed by atoms with E-state index in [0.717, 1.165) is 11.6 Å². The zero-order valence-corrected chi connectivity index (χ0v) is 27.0. The smallest absolute Gasteiger partial charge is 0.337 e. The first-order valence-corrected chi connectivity index (χ1v) is 15.1. The molecule has 1 amide bonds. The highest BCUT2D eigenvalue weighted by Gasteiger charge is 2.46. The number of benzene rings is 3. The summed E-state index contributed by atoms with van der Waals surface area (Å²) in [4.78, 5) is 45.2. The van der Waals surface area contributed by atoms with Crippen LogP contribution in [-0.2, 0) is 43.6 Å². The molecule has 1 aromatic heterocycles. The second kappa shape index (κ2) is 15.5. The fourth-order valence-corrected chi connectivity index (χ4v) is 5.26. The molecule has 2 N–H and O–H groups in total. The number of carbonyl (C=O) groups is 3. The van der Waals surface area contributed by atoms with Crippen LogP contribution in [0.3, 0.4) is 0 Å². The van der Waals surface area contributed by atoms with E-state index < -0.39 is 41.4 Å². The number of aromatic nitrogens is 1. The summed E-state index contributed by atoms with van der Waals surface area (Å²) in [6.45, 7) is 3.55. The first kappa shape index (κ1) is 34.7. The number of carbonyl (C=O) groups excluding carboxylic acids is 3. The van der Waals surface area contributed by atoms with Crippen LogP contribution in [0.4, 0.5) is 14.5 Å². The Labute approximate surface area is 281 Å². The van der Waals surface area contributed by atoms with Gasteiger partial charge in [-0.3, -0.25) is 19.6 Å². The molecule has 0 spiro atoms. The first-order chi connectivity index (χ1) is 23.6. The molecule has 2 heterocycles. The van der Waals surface area contributed by atoms with Gasteiger partial charge in [-0.25, -0.2) is 19.0 Å². The van der Waals surface area contributed by atoms with E-state index in [1.54, 1.807) is 24.3 Å². The molecule has 2 unspecified atom stereocenters. The number of amides is 1. The van der Waals surface area contributed by atoms with Crippen molar-refractivity contribution in [1.82, 2.24) is 15.7 Å². The largest absolute Gasteiger partial charge is 0.497 e. The van der Waals surface area contributed by atoms with Crippen LogP contribution in [0.1, 0.15) is 34.1 Å². The van der Waals surface area contributed by atoms with Crippen LogP contribution in [0.5, 0.6) is 11.5 Å². The molecule has 0 aliphatic carbocycles. The Bertz CT molecular complexity index is 1870. The Balaban J connectivity index is 1.57. The number of nitrogens with one attached hydrogen (secondary N) is 2. The Morgan fingerprint density at radius 3 is 2.39 bits per heavy atom. The van der Waals surface area contributed by atoms with Crippen LogP contribution in [0.25, 0.3) is 5.57 Å². The molecular weight excluding hydrogens is 638 g/mol. The summed E-state index contributed by atoms with van der Waals surface area (Å²) in [5.74, 6) is -2.78. The molecule has 1 aliphatic rings. The van der Waals surface area contributed by atoms with E-state index in [2.05, 4.69) is 22.3 Å². The van der Waals surface area contributed by atoms with Crippen LogP contribution in [-0.4, -0.2) is 50.0 Å².